The molecule has 1 amide bonds. The second kappa shape index (κ2) is 9.93. The predicted molar refractivity (Wildman–Crippen MR) is 138 cm³/mol. The summed E-state index contributed by atoms with van der Waals surface area (Å²) in [5.41, 5.74) is 3.02. The molecule has 8 nitrogen and oxygen atoms in total. The Morgan fingerprint density at radius 1 is 1.03 bits per heavy atom. The third kappa shape index (κ3) is 5.79. The van der Waals surface area contributed by atoms with Gasteiger partial charge in [0.2, 0.25) is 16.1 Å². The molecule has 36 heavy (non-hydrogen) atoms. The Balaban J connectivity index is 1.45. The molecule has 0 saturated carbocycles. The van der Waals surface area contributed by atoms with E-state index in [4.69, 9.17) is 10.1 Å². The van der Waals surface area contributed by atoms with Gasteiger partial charge >= 0.3 is 0 Å². The standard InChI is InChI=1S/C27H26N4O4S/c1-27(2,3)31-36(33,34)25-10-5-4-9-22(25)19-11-13-21(14-12-19)29-26(32)24-16-23(30-35-24)20-8-6-7-18(15-20)17-28/h4-15,24,31H,16H2,1-3H3,(H,29,32). The summed E-state index contributed by atoms with van der Waals surface area (Å²) in [4.78, 5) is 18.3. The van der Waals surface area contributed by atoms with Crippen molar-refractivity contribution in [2.45, 2.75) is 43.7 Å². The third-order valence-corrected chi connectivity index (χ3v) is 7.18. The van der Waals surface area contributed by atoms with Crippen LogP contribution in [-0.4, -0.2) is 31.7 Å². The van der Waals surface area contributed by atoms with E-state index in [0.29, 0.717) is 28.1 Å². The molecule has 9 heteroatoms. The number of nitriles is 1. The fourth-order valence-corrected chi connectivity index (χ4v) is 5.46. The number of nitrogens with one attached hydrogen (secondary N) is 2. The first-order valence-electron chi connectivity index (χ1n) is 11.3. The SMILES string of the molecule is CC(C)(C)NS(=O)(=O)c1ccccc1-c1ccc(NC(=O)C2CC(c3cccc(C#N)c3)=NO2)cc1. The zero-order valence-electron chi connectivity index (χ0n) is 20.1. The molecule has 0 fully saturated rings. The zero-order valence-corrected chi connectivity index (χ0v) is 21.0. The van der Waals surface area contributed by atoms with Gasteiger partial charge in [-0.15, -0.1) is 0 Å². The molecule has 2 N–H and O–H groups in total. The zero-order chi connectivity index (χ0) is 25.9. The summed E-state index contributed by atoms with van der Waals surface area (Å²) < 4.78 is 28.6. The van der Waals surface area contributed by atoms with Crippen LogP contribution in [0.2, 0.25) is 0 Å². The number of benzene rings is 3. The minimum absolute atomic E-state index is 0.182. The number of anilines is 1. The molecule has 1 atom stereocenters. The monoisotopic (exact) mass is 502 g/mol. The van der Waals surface area contributed by atoms with E-state index in [9.17, 15) is 13.2 Å². The molecule has 0 radical (unpaired) electrons. The first kappa shape index (κ1) is 25.1. The lowest BCUT2D eigenvalue weighted by Crippen LogP contribution is -2.40. The van der Waals surface area contributed by atoms with E-state index in [-0.39, 0.29) is 17.2 Å². The largest absolute Gasteiger partial charge is 0.382 e. The van der Waals surface area contributed by atoms with E-state index >= 15 is 0 Å². The maximum Gasteiger partial charge on any atom is 0.268 e. The number of nitrogens with zero attached hydrogens (tertiary/aromatic N) is 2. The van der Waals surface area contributed by atoms with Gasteiger partial charge in [-0.1, -0.05) is 47.6 Å². The summed E-state index contributed by atoms with van der Waals surface area (Å²) in [7, 11) is -3.74. The van der Waals surface area contributed by atoms with Gasteiger partial charge in [0.05, 0.1) is 22.2 Å². The summed E-state index contributed by atoms with van der Waals surface area (Å²) >= 11 is 0. The summed E-state index contributed by atoms with van der Waals surface area (Å²) in [5, 5.41) is 15.9. The lowest BCUT2D eigenvalue weighted by Gasteiger charge is -2.21. The topological polar surface area (TPSA) is 121 Å². The third-order valence-electron chi connectivity index (χ3n) is 5.37. The average molecular weight is 503 g/mol. The van der Waals surface area contributed by atoms with Crippen molar-refractivity contribution in [1.29, 1.82) is 5.26 Å². The summed E-state index contributed by atoms with van der Waals surface area (Å²) in [6.07, 6.45) is -0.509. The number of hydrogen-bond acceptors (Lipinski definition) is 6. The fourth-order valence-electron chi connectivity index (χ4n) is 3.81. The van der Waals surface area contributed by atoms with E-state index in [1.54, 1.807) is 87.5 Å². The lowest BCUT2D eigenvalue weighted by atomic mass is 10.0. The van der Waals surface area contributed by atoms with Crippen LogP contribution in [0.15, 0.2) is 82.8 Å². The van der Waals surface area contributed by atoms with Crippen LogP contribution < -0.4 is 10.0 Å². The molecule has 184 valence electrons. The second-order valence-corrected chi connectivity index (χ2v) is 11.1. The molecule has 0 spiro atoms. The summed E-state index contributed by atoms with van der Waals surface area (Å²) in [6.45, 7) is 5.36. The van der Waals surface area contributed by atoms with E-state index in [0.717, 1.165) is 5.56 Å². The van der Waals surface area contributed by atoms with E-state index < -0.39 is 21.7 Å². The van der Waals surface area contributed by atoms with Gasteiger partial charge < -0.3 is 10.2 Å². The quantitative estimate of drug-likeness (QED) is 0.516. The van der Waals surface area contributed by atoms with Crippen molar-refractivity contribution < 1.29 is 18.0 Å². The highest BCUT2D eigenvalue weighted by Gasteiger charge is 2.29. The molecule has 0 aromatic heterocycles. The number of hydrogen-bond donors (Lipinski definition) is 2. The van der Waals surface area contributed by atoms with Crippen LogP contribution in [0, 0.1) is 11.3 Å². The van der Waals surface area contributed by atoms with E-state index in [1.807, 2.05) is 6.07 Å². The van der Waals surface area contributed by atoms with Gasteiger partial charge in [0.15, 0.2) is 0 Å². The Morgan fingerprint density at radius 2 is 1.75 bits per heavy atom. The number of rotatable bonds is 6. The lowest BCUT2D eigenvalue weighted by molar-refractivity contribution is -0.125. The fraction of sp³-hybridized carbons (Fsp3) is 0.222. The molecule has 0 aliphatic carbocycles. The number of amides is 1. The molecule has 3 aromatic rings. The first-order chi connectivity index (χ1) is 17.1. The van der Waals surface area contributed by atoms with Crippen LogP contribution in [-0.2, 0) is 19.7 Å². The molecule has 1 aliphatic heterocycles. The van der Waals surface area contributed by atoms with Crippen LogP contribution >= 0.6 is 0 Å². The number of oxime groups is 1. The summed E-state index contributed by atoms with van der Waals surface area (Å²) in [6, 6.07) is 22.8. The molecular weight excluding hydrogens is 476 g/mol. The van der Waals surface area contributed by atoms with Crippen LogP contribution in [0.25, 0.3) is 11.1 Å². The molecular formula is C27H26N4O4S. The Morgan fingerprint density at radius 3 is 2.44 bits per heavy atom. The molecule has 1 aliphatic rings. The van der Waals surface area contributed by atoms with Crippen LogP contribution in [0.3, 0.4) is 0 Å². The number of carbonyl (C=O) groups excluding carboxylic acids is 1. The highest BCUT2D eigenvalue weighted by atomic mass is 32.2. The van der Waals surface area contributed by atoms with Crippen molar-refractivity contribution in [2.24, 2.45) is 5.16 Å². The smallest absolute Gasteiger partial charge is 0.268 e. The van der Waals surface area contributed by atoms with Gasteiger partial charge in [-0.25, -0.2) is 13.1 Å². The highest BCUT2D eigenvalue weighted by molar-refractivity contribution is 7.89. The van der Waals surface area contributed by atoms with Crippen molar-refractivity contribution in [1.82, 2.24) is 4.72 Å². The van der Waals surface area contributed by atoms with Gasteiger partial charge in [-0.2, -0.15) is 5.26 Å². The Bertz CT molecular complexity index is 1470. The normalized spacial score (nSPS) is 15.5. The van der Waals surface area contributed by atoms with Crippen LogP contribution in [0.4, 0.5) is 5.69 Å². The van der Waals surface area contributed by atoms with Gasteiger partial charge in [-0.05, 0) is 56.7 Å². The van der Waals surface area contributed by atoms with Crippen molar-refractivity contribution in [3.8, 4) is 17.2 Å². The molecule has 1 unspecified atom stereocenters. The highest BCUT2D eigenvalue weighted by Crippen LogP contribution is 2.29. The molecule has 0 saturated heterocycles. The Hall–Kier alpha value is -4.00. The average Bonchev–Trinajstić information content (AvgIpc) is 3.34. The molecule has 3 aromatic carbocycles. The minimum Gasteiger partial charge on any atom is -0.382 e. The summed E-state index contributed by atoms with van der Waals surface area (Å²) in [5.74, 6) is -0.352. The Labute approximate surface area is 210 Å². The Kier molecular flexibility index (Phi) is 6.93. The van der Waals surface area contributed by atoms with Crippen LogP contribution in [0.1, 0.15) is 38.3 Å². The molecule has 1 heterocycles. The van der Waals surface area contributed by atoms with Gasteiger partial charge in [0, 0.05) is 28.8 Å². The van der Waals surface area contributed by atoms with Crippen molar-refractivity contribution in [2.75, 3.05) is 5.32 Å². The number of carbonyl (C=O) groups is 1. The van der Waals surface area contributed by atoms with Crippen molar-refractivity contribution in [3.05, 3.63) is 83.9 Å². The van der Waals surface area contributed by atoms with Gasteiger partial charge in [-0.3, -0.25) is 4.79 Å². The van der Waals surface area contributed by atoms with Gasteiger partial charge in [0.25, 0.3) is 5.91 Å². The molecule has 4 rings (SSSR count). The maximum absolute atomic E-state index is 13.0. The number of sulfonamides is 1. The minimum atomic E-state index is -3.74. The van der Waals surface area contributed by atoms with E-state index in [2.05, 4.69) is 21.3 Å². The maximum atomic E-state index is 13.0. The van der Waals surface area contributed by atoms with Crippen molar-refractivity contribution >= 4 is 27.3 Å². The first-order valence-corrected chi connectivity index (χ1v) is 12.8. The molecule has 0 bridgehead atoms. The van der Waals surface area contributed by atoms with Crippen LogP contribution in [0.5, 0.6) is 0 Å². The van der Waals surface area contributed by atoms with E-state index in [1.165, 1.54) is 0 Å². The van der Waals surface area contributed by atoms with Gasteiger partial charge in [0.1, 0.15) is 0 Å². The second-order valence-electron chi connectivity index (χ2n) is 9.45. The van der Waals surface area contributed by atoms with Crippen molar-refractivity contribution in [3.63, 3.8) is 0 Å². The predicted octanol–water partition coefficient (Wildman–Crippen LogP) is 4.43.